The summed E-state index contributed by atoms with van der Waals surface area (Å²) in [6, 6.07) is 7.58. The Balaban J connectivity index is 1.27. The van der Waals surface area contributed by atoms with E-state index in [2.05, 4.69) is 23.6 Å². The number of ketones is 1. The Morgan fingerprint density at radius 1 is 1.23 bits per heavy atom. The molecule has 5 nitrogen and oxygen atoms in total. The molecule has 0 radical (unpaired) electrons. The van der Waals surface area contributed by atoms with Gasteiger partial charge in [0.05, 0.1) is 12.0 Å². The third-order valence-corrected chi connectivity index (χ3v) is 8.16. The van der Waals surface area contributed by atoms with Crippen molar-refractivity contribution in [2.75, 3.05) is 32.7 Å². The topological polar surface area (TPSA) is 49.9 Å². The predicted molar refractivity (Wildman–Crippen MR) is 116 cm³/mol. The molecule has 30 heavy (non-hydrogen) atoms. The summed E-state index contributed by atoms with van der Waals surface area (Å²) in [5, 5.41) is 0. The van der Waals surface area contributed by atoms with Crippen LogP contribution in [-0.4, -0.2) is 59.8 Å². The lowest BCUT2D eigenvalue weighted by atomic mass is 9.84. The molecule has 1 saturated heterocycles. The number of nitrogens with zero attached hydrogens (tertiary/aromatic N) is 2. The van der Waals surface area contributed by atoms with Gasteiger partial charge in [0.25, 0.3) is 0 Å². The molecular formula is C25H34N2O3. The van der Waals surface area contributed by atoms with E-state index < -0.39 is 5.60 Å². The van der Waals surface area contributed by atoms with Gasteiger partial charge in [0.15, 0.2) is 5.78 Å². The minimum absolute atomic E-state index is 0.0593. The van der Waals surface area contributed by atoms with Crippen LogP contribution in [0.15, 0.2) is 24.3 Å². The Kier molecular flexibility index (Phi) is 5.12. The molecule has 0 bridgehead atoms. The summed E-state index contributed by atoms with van der Waals surface area (Å²) < 4.78 is 6.48. The highest BCUT2D eigenvalue weighted by molar-refractivity contribution is 6.00. The molecule has 2 saturated carbocycles. The number of ether oxygens (including phenoxy) is 1. The number of hydrogen-bond donors (Lipinski definition) is 0. The maximum absolute atomic E-state index is 13.5. The highest BCUT2D eigenvalue weighted by Gasteiger charge is 2.71. The average molecular weight is 411 g/mol. The molecule has 0 aromatic heterocycles. The van der Waals surface area contributed by atoms with Gasteiger partial charge in [0, 0.05) is 31.5 Å². The van der Waals surface area contributed by atoms with Crippen LogP contribution in [0.2, 0.25) is 0 Å². The lowest BCUT2D eigenvalue weighted by Gasteiger charge is -2.38. The first-order chi connectivity index (χ1) is 14.6. The molecule has 5 atom stereocenters. The maximum atomic E-state index is 13.5. The fourth-order valence-corrected chi connectivity index (χ4v) is 6.57. The Hall–Kier alpha value is -1.88. The number of likely N-dealkylation sites (tertiary alicyclic amines) is 1. The van der Waals surface area contributed by atoms with Crippen LogP contribution in [0.3, 0.4) is 0 Å². The number of amides is 1. The molecule has 5 rings (SSSR count). The molecule has 5 unspecified atom stereocenters. The van der Waals surface area contributed by atoms with Gasteiger partial charge in [-0.3, -0.25) is 9.59 Å². The normalized spacial score (nSPS) is 34.6. The van der Waals surface area contributed by atoms with E-state index in [-0.39, 0.29) is 17.6 Å². The van der Waals surface area contributed by atoms with Crippen LogP contribution in [0.25, 0.3) is 0 Å². The largest absolute Gasteiger partial charge is 0.486 e. The summed E-state index contributed by atoms with van der Waals surface area (Å²) in [5.41, 5.74) is 0.248. The second-order valence-corrected chi connectivity index (χ2v) is 9.80. The zero-order chi connectivity index (χ0) is 20.9. The molecule has 4 aliphatic rings. The van der Waals surface area contributed by atoms with Crippen molar-refractivity contribution in [2.24, 2.45) is 23.7 Å². The summed E-state index contributed by atoms with van der Waals surface area (Å²) in [6.07, 6.45) is 4.66. The number of hydrogen-bond acceptors (Lipinski definition) is 4. The third-order valence-electron chi connectivity index (χ3n) is 8.16. The van der Waals surface area contributed by atoms with E-state index in [1.165, 1.54) is 6.42 Å². The predicted octanol–water partition coefficient (Wildman–Crippen LogP) is 3.63. The highest BCUT2D eigenvalue weighted by atomic mass is 16.5. The molecule has 1 spiro atoms. The quantitative estimate of drug-likeness (QED) is 0.744. The smallest absolute Gasteiger partial charge is 0.226 e. The Labute approximate surface area is 179 Å². The first-order valence-electron chi connectivity index (χ1n) is 11.9. The second kappa shape index (κ2) is 7.67. The van der Waals surface area contributed by atoms with Crippen molar-refractivity contribution in [1.29, 1.82) is 0 Å². The van der Waals surface area contributed by atoms with Crippen molar-refractivity contribution in [3.05, 3.63) is 29.8 Å². The van der Waals surface area contributed by atoms with Gasteiger partial charge in [-0.1, -0.05) is 26.0 Å². The van der Waals surface area contributed by atoms with Gasteiger partial charge in [-0.15, -0.1) is 0 Å². The van der Waals surface area contributed by atoms with Gasteiger partial charge >= 0.3 is 0 Å². The van der Waals surface area contributed by atoms with Crippen molar-refractivity contribution in [1.82, 2.24) is 9.80 Å². The van der Waals surface area contributed by atoms with E-state index in [0.29, 0.717) is 35.5 Å². The SMILES string of the molecule is CCN(CC)CC1CCCN(C(=O)C2C3CCC4(CC(=O)c5ccccc5O4)C32)C1. The molecule has 162 valence electrons. The minimum Gasteiger partial charge on any atom is -0.486 e. The van der Waals surface area contributed by atoms with Crippen molar-refractivity contribution in [3.63, 3.8) is 0 Å². The molecule has 2 aliphatic carbocycles. The second-order valence-electron chi connectivity index (χ2n) is 9.80. The van der Waals surface area contributed by atoms with Gasteiger partial charge in [-0.05, 0) is 62.7 Å². The molecule has 0 N–H and O–H groups in total. The molecule has 5 heteroatoms. The molecule has 1 amide bonds. The number of Topliss-reactive ketones (excluding diaryl/α,β-unsaturated/α-hetero) is 1. The first kappa shape index (κ1) is 20.0. The zero-order valence-corrected chi connectivity index (χ0v) is 18.3. The van der Waals surface area contributed by atoms with E-state index in [1.54, 1.807) is 0 Å². The number of rotatable bonds is 5. The van der Waals surface area contributed by atoms with E-state index in [9.17, 15) is 9.59 Å². The number of carbonyl (C=O) groups is 2. The maximum Gasteiger partial charge on any atom is 0.226 e. The van der Waals surface area contributed by atoms with E-state index >= 15 is 0 Å². The lowest BCUT2D eigenvalue weighted by molar-refractivity contribution is -0.136. The monoisotopic (exact) mass is 410 g/mol. The van der Waals surface area contributed by atoms with E-state index in [1.807, 2.05) is 24.3 Å². The summed E-state index contributed by atoms with van der Waals surface area (Å²) in [6.45, 7) is 9.44. The Bertz CT molecular complexity index is 835. The van der Waals surface area contributed by atoms with Crippen molar-refractivity contribution in [2.45, 2.75) is 51.6 Å². The van der Waals surface area contributed by atoms with Gasteiger partial charge in [0.2, 0.25) is 5.91 Å². The lowest BCUT2D eigenvalue weighted by Crippen LogP contribution is -2.47. The minimum atomic E-state index is -0.452. The molecule has 1 aromatic carbocycles. The summed E-state index contributed by atoms with van der Waals surface area (Å²) in [5.74, 6) is 2.46. The van der Waals surface area contributed by atoms with Crippen molar-refractivity contribution >= 4 is 11.7 Å². The average Bonchev–Trinajstić information content (AvgIpc) is 3.41. The fraction of sp³-hybridized carbons (Fsp3) is 0.680. The number of piperidine rings is 1. The molecule has 2 aliphatic heterocycles. The van der Waals surface area contributed by atoms with Crippen LogP contribution in [-0.2, 0) is 4.79 Å². The van der Waals surface area contributed by atoms with Gasteiger partial charge in [-0.25, -0.2) is 0 Å². The number of carbonyl (C=O) groups excluding carboxylic acids is 2. The Morgan fingerprint density at radius 3 is 2.83 bits per heavy atom. The number of para-hydroxylation sites is 1. The first-order valence-corrected chi connectivity index (χ1v) is 11.9. The third kappa shape index (κ3) is 3.26. The standard InChI is InChI=1S/C25H34N2O3/c1-3-26(4-2)15-17-8-7-13-27(16-17)24(29)22-19-11-12-25(23(19)22)14-20(28)18-9-5-6-10-21(18)30-25/h5-6,9-10,17,19,22-23H,3-4,7-8,11-16H2,1-2H3. The van der Waals surface area contributed by atoms with E-state index in [0.717, 1.165) is 52.0 Å². The van der Waals surface area contributed by atoms with Gasteiger partial charge < -0.3 is 14.5 Å². The summed E-state index contributed by atoms with van der Waals surface area (Å²) >= 11 is 0. The van der Waals surface area contributed by atoms with Crippen LogP contribution in [0.5, 0.6) is 5.75 Å². The van der Waals surface area contributed by atoms with Crippen LogP contribution in [0.4, 0.5) is 0 Å². The van der Waals surface area contributed by atoms with Crippen molar-refractivity contribution < 1.29 is 14.3 Å². The van der Waals surface area contributed by atoms with Crippen LogP contribution >= 0.6 is 0 Å². The summed E-state index contributed by atoms with van der Waals surface area (Å²) in [4.78, 5) is 30.9. The van der Waals surface area contributed by atoms with Gasteiger partial charge in [0.1, 0.15) is 11.4 Å². The van der Waals surface area contributed by atoms with Crippen LogP contribution in [0, 0.1) is 23.7 Å². The van der Waals surface area contributed by atoms with Crippen molar-refractivity contribution in [3.8, 4) is 5.75 Å². The molecule has 2 heterocycles. The summed E-state index contributed by atoms with van der Waals surface area (Å²) in [7, 11) is 0. The van der Waals surface area contributed by atoms with Gasteiger partial charge in [-0.2, -0.15) is 0 Å². The molecule has 3 fully saturated rings. The van der Waals surface area contributed by atoms with Crippen LogP contribution in [0.1, 0.15) is 56.3 Å². The van der Waals surface area contributed by atoms with E-state index in [4.69, 9.17) is 4.74 Å². The molecular weight excluding hydrogens is 376 g/mol. The molecule has 1 aromatic rings. The number of fused-ring (bicyclic) bond motifs is 3. The van der Waals surface area contributed by atoms with Crippen LogP contribution < -0.4 is 4.74 Å². The zero-order valence-electron chi connectivity index (χ0n) is 18.3. The highest BCUT2D eigenvalue weighted by Crippen LogP contribution is 2.66. The fourth-order valence-electron chi connectivity index (χ4n) is 6.57. The number of benzene rings is 1. The Morgan fingerprint density at radius 2 is 2.03 bits per heavy atom.